The van der Waals surface area contributed by atoms with Crippen LogP contribution in [0.1, 0.15) is 42.0 Å². The number of rotatable bonds is 8. The van der Waals surface area contributed by atoms with Crippen molar-refractivity contribution in [2.75, 3.05) is 0 Å². The third kappa shape index (κ3) is 5.73. The highest BCUT2D eigenvalue weighted by molar-refractivity contribution is 6.16. The molecule has 0 heterocycles. The van der Waals surface area contributed by atoms with E-state index in [-0.39, 0.29) is 23.0 Å². The Labute approximate surface area is 210 Å². The SMILES string of the molecule is CCCC(N=C(c1ccccc1)c1ccc(O)cc1O)N=C(c1ccccc1)c1ccc(O)cc1O. The number of aliphatic imine (C=N–C) groups is 2. The van der Waals surface area contributed by atoms with E-state index in [2.05, 4.69) is 0 Å². The quantitative estimate of drug-likeness (QED) is 0.232. The first-order valence-electron chi connectivity index (χ1n) is 11.8. The van der Waals surface area contributed by atoms with Crippen LogP contribution in [0, 0.1) is 0 Å². The van der Waals surface area contributed by atoms with E-state index in [0.29, 0.717) is 29.0 Å². The summed E-state index contributed by atoms with van der Waals surface area (Å²) in [6.07, 6.45) is 0.872. The molecule has 0 aliphatic heterocycles. The standard InChI is InChI=1S/C30H28N2O4/c1-2-9-28(31-29(20-10-5-3-6-11-20)24-16-14-22(33)18-26(24)35)32-30(21-12-7-4-8-13-21)25-17-15-23(34)19-27(25)36/h3-8,10-19,28,33-36H,2,9H2,1H3. The van der Waals surface area contributed by atoms with Crippen LogP contribution < -0.4 is 0 Å². The summed E-state index contributed by atoms with van der Waals surface area (Å²) in [5.41, 5.74) is 3.62. The molecule has 0 bridgehead atoms. The summed E-state index contributed by atoms with van der Waals surface area (Å²) >= 11 is 0. The summed E-state index contributed by atoms with van der Waals surface area (Å²) in [4.78, 5) is 9.98. The first-order valence-corrected chi connectivity index (χ1v) is 11.8. The number of aromatic hydroxyl groups is 4. The Bertz CT molecular complexity index is 1280. The van der Waals surface area contributed by atoms with E-state index in [1.807, 2.05) is 67.6 Å². The van der Waals surface area contributed by atoms with Crippen LogP contribution in [-0.2, 0) is 0 Å². The minimum atomic E-state index is -0.540. The lowest BCUT2D eigenvalue weighted by molar-refractivity contribution is 0.449. The first-order chi connectivity index (χ1) is 17.5. The monoisotopic (exact) mass is 480 g/mol. The average molecular weight is 481 g/mol. The fraction of sp³-hybridized carbons (Fsp3) is 0.133. The second-order valence-corrected chi connectivity index (χ2v) is 8.36. The summed E-state index contributed by atoms with van der Waals surface area (Å²) in [5.74, 6) is -0.255. The van der Waals surface area contributed by atoms with Crippen molar-refractivity contribution in [2.45, 2.75) is 25.9 Å². The van der Waals surface area contributed by atoms with Gasteiger partial charge in [-0.05, 0) is 30.7 Å². The van der Waals surface area contributed by atoms with Crippen molar-refractivity contribution in [1.82, 2.24) is 0 Å². The van der Waals surface area contributed by atoms with Gasteiger partial charge < -0.3 is 20.4 Å². The molecule has 0 saturated heterocycles. The highest BCUT2D eigenvalue weighted by Crippen LogP contribution is 2.29. The zero-order valence-corrected chi connectivity index (χ0v) is 19.9. The van der Waals surface area contributed by atoms with E-state index >= 15 is 0 Å². The number of phenols is 4. The minimum absolute atomic E-state index is 0.0408. The Morgan fingerprint density at radius 2 is 1.03 bits per heavy atom. The van der Waals surface area contributed by atoms with E-state index < -0.39 is 6.17 Å². The number of hydrogen-bond donors (Lipinski definition) is 4. The fourth-order valence-electron chi connectivity index (χ4n) is 3.95. The largest absolute Gasteiger partial charge is 0.508 e. The zero-order valence-electron chi connectivity index (χ0n) is 19.9. The summed E-state index contributed by atoms with van der Waals surface area (Å²) < 4.78 is 0. The zero-order chi connectivity index (χ0) is 25.5. The molecule has 0 spiro atoms. The van der Waals surface area contributed by atoms with Gasteiger partial charge in [0.05, 0.1) is 11.4 Å². The molecule has 4 aromatic rings. The van der Waals surface area contributed by atoms with Crippen LogP contribution in [0.3, 0.4) is 0 Å². The first kappa shape index (κ1) is 24.5. The van der Waals surface area contributed by atoms with E-state index in [1.54, 1.807) is 12.1 Å². The number of nitrogens with zero attached hydrogens (tertiary/aromatic N) is 2. The molecule has 0 atom stereocenters. The lowest BCUT2D eigenvalue weighted by Crippen LogP contribution is -2.14. The number of phenolic OH excluding ortho intramolecular Hbond substituents is 4. The van der Waals surface area contributed by atoms with Crippen molar-refractivity contribution in [3.05, 3.63) is 119 Å². The molecular weight excluding hydrogens is 452 g/mol. The number of hydrogen-bond acceptors (Lipinski definition) is 6. The highest BCUT2D eigenvalue weighted by Gasteiger charge is 2.18. The molecule has 0 unspecified atom stereocenters. The van der Waals surface area contributed by atoms with Gasteiger partial charge in [-0.1, -0.05) is 74.0 Å². The lowest BCUT2D eigenvalue weighted by atomic mass is 10.00. The summed E-state index contributed by atoms with van der Waals surface area (Å²) in [7, 11) is 0. The van der Waals surface area contributed by atoms with Crippen LogP contribution in [0.15, 0.2) is 107 Å². The number of benzene rings is 4. The predicted molar refractivity (Wildman–Crippen MR) is 142 cm³/mol. The maximum absolute atomic E-state index is 10.6. The van der Waals surface area contributed by atoms with Gasteiger partial charge in [0.1, 0.15) is 29.2 Å². The Morgan fingerprint density at radius 1 is 0.611 bits per heavy atom. The van der Waals surface area contributed by atoms with Gasteiger partial charge in [-0.2, -0.15) is 0 Å². The van der Waals surface area contributed by atoms with Crippen molar-refractivity contribution in [2.24, 2.45) is 9.98 Å². The molecule has 0 fully saturated rings. The maximum Gasteiger partial charge on any atom is 0.141 e. The molecule has 0 amide bonds. The second kappa shape index (κ2) is 11.2. The molecule has 0 saturated carbocycles. The van der Waals surface area contributed by atoms with Gasteiger partial charge in [-0.25, -0.2) is 0 Å². The molecule has 0 aromatic heterocycles. The fourth-order valence-corrected chi connectivity index (χ4v) is 3.95. The third-order valence-electron chi connectivity index (χ3n) is 5.67. The molecule has 4 aromatic carbocycles. The minimum Gasteiger partial charge on any atom is -0.508 e. The molecule has 0 radical (unpaired) electrons. The predicted octanol–water partition coefficient (Wildman–Crippen LogP) is 6.01. The van der Waals surface area contributed by atoms with Crippen molar-refractivity contribution >= 4 is 11.4 Å². The summed E-state index contributed by atoms with van der Waals surface area (Å²) in [5, 5.41) is 40.9. The molecule has 182 valence electrons. The van der Waals surface area contributed by atoms with Gasteiger partial charge in [0.15, 0.2) is 0 Å². The van der Waals surface area contributed by atoms with E-state index in [9.17, 15) is 20.4 Å². The van der Waals surface area contributed by atoms with Gasteiger partial charge >= 0.3 is 0 Å². The lowest BCUT2D eigenvalue weighted by Gasteiger charge is -2.16. The Balaban J connectivity index is 1.91. The van der Waals surface area contributed by atoms with Gasteiger partial charge in [-0.3, -0.25) is 9.98 Å². The normalized spacial score (nSPS) is 12.9. The topological polar surface area (TPSA) is 106 Å². The molecule has 0 aliphatic rings. The average Bonchev–Trinajstić information content (AvgIpc) is 2.87. The van der Waals surface area contributed by atoms with Crippen LogP contribution >= 0.6 is 0 Å². The molecule has 36 heavy (non-hydrogen) atoms. The molecule has 0 aliphatic carbocycles. The van der Waals surface area contributed by atoms with Crippen LogP contribution in [-0.4, -0.2) is 38.0 Å². The van der Waals surface area contributed by atoms with Gasteiger partial charge in [0.25, 0.3) is 0 Å². The van der Waals surface area contributed by atoms with Crippen molar-refractivity contribution in [3.8, 4) is 23.0 Å². The smallest absolute Gasteiger partial charge is 0.141 e. The Morgan fingerprint density at radius 3 is 1.39 bits per heavy atom. The third-order valence-corrected chi connectivity index (χ3v) is 5.67. The van der Waals surface area contributed by atoms with E-state index in [1.165, 1.54) is 24.3 Å². The Hall–Kier alpha value is -4.58. The van der Waals surface area contributed by atoms with Crippen LogP contribution in [0.2, 0.25) is 0 Å². The van der Waals surface area contributed by atoms with Crippen LogP contribution in [0.5, 0.6) is 23.0 Å². The molecule has 4 N–H and O–H groups in total. The van der Waals surface area contributed by atoms with Crippen molar-refractivity contribution in [3.63, 3.8) is 0 Å². The second-order valence-electron chi connectivity index (χ2n) is 8.36. The molecular formula is C30H28N2O4. The van der Waals surface area contributed by atoms with E-state index in [4.69, 9.17) is 9.98 Å². The van der Waals surface area contributed by atoms with Crippen molar-refractivity contribution < 1.29 is 20.4 Å². The van der Waals surface area contributed by atoms with E-state index in [0.717, 1.165) is 17.5 Å². The Kier molecular flexibility index (Phi) is 7.66. The molecule has 4 rings (SSSR count). The van der Waals surface area contributed by atoms with Crippen molar-refractivity contribution in [1.29, 1.82) is 0 Å². The summed E-state index contributed by atoms with van der Waals surface area (Å²) in [6.45, 7) is 2.04. The van der Waals surface area contributed by atoms with Gasteiger partial charge in [0.2, 0.25) is 0 Å². The van der Waals surface area contributed by atoms with Gasteiger partial charge in [0, 0.05) is 34.4 Å². The highest BCUT2D eigenvalue weighted by atomic mass is 16.3. The molecule has 6 nitrogen and oxygen atoms in total. The summed E-state index contributed by atoms with van der Waals surface area (Å²) in [6, 6.07) is 27.9. The van der Waals surface area contributed by atoms with Crippen LogP contribution in [0.4, 0.5) is 0 Å². The molecule has 6 heteroatoms. The maximum atomic E-state index is 10.6. The van der Waals surface area contributed by atoms with Crippen LogP contribution in [0.25, 0.3) is 0 Å². The van der Waals surface area contributed by atoms with Gasteiger partial charge in [-0.15, -0.1) is 0 Å².